The molecule has 0 radical (unpaired) electrons. The summed E-state index contributed by atoms with van der Waals surface area (Å²) in [6, 6.07) is 0. The maximum atomic E-state index is 12.3. The quantitative estimate of drug-likeness (QED) is 0.727. The molecule has 0 spiro atoms. The van der Waals surface area contributed by atoms with E-state index >= 15 is 0 Å². The highest BCUT2D eigenvalue weighted by molar-refractivity contribution is 7.11. The van der Waals surface area contributed by atoms with Crippen LogP contribution in [0.25, 0.3) is 0 Å². The highest BCUT2D eigenvalue weighted by Gasteiger charge is 2.18. The van der Waals surface area contributed by atoms with Crippen LogP contribution in [-0.2, 0) is 0 Å². The van der Waals surface area contributed by atoms with Crippen LogP contribution in [0, 0.1) is 27.7 Å². The zero-order valence-electron chi connectivity index (χ0n) is 9.88. The fraction of sp³-hybridized carbons (Fsp3) is 0.308. The van der Waals surface area contributed by atoms with Crippen molar-refractivity contribution >= 4 is 28.5 Å². The van der Waals surface area contributed by atoms with Gasteiger partial charge in [-0.3, -0.25) is 4.79 Å². The maximum Gasteiger partial charge on any atom is 0.195 e. The average molecular weight is 250 g/mol. The molecule has 0 unspecified atom stereocenters. The second-order valence-corrected chi connectivity index (χ2v) is 6.16. The van der Waals surface area contributed by atoms with Crippen molar-refractivity contribution in [1.29, 1.82) is 0 Å². The Morgan fingerprint density at radius 3 is 1.50 bits per heavy atom. The Balaban J connectivity index is 2.47. The summed E-state index contributed by atoms with van der Waals surface area (Å²) >= 11 is 3.30. The molecule has 0 atom stereocenters. The molecule has 2 aromatic heterocycles. The fourth-order valence-electron chi connectivity index (χ4n) is 1.62. The van der Waals surface area contributed by atoms with Gasteiger partial charge in [0.2, 0.25) is 0 Å². The van der Waals surface area contributed by atoms with Gasteiger partial charge in [-0.15, -0.1) is 22.7 Å². The second-order valence-electron chi connectivity index (χ2n) is 3.99. The lowest BCUT2D eigenvalue weighted by molar-refractivity contribution is 0.103. The van der Waals surface area contributed by atoms with E-state index < -0.39 is 0 Å². The molecule has 3 heteroatoms. The van der Waals surface area contributed by atoms with Gasteiger partial charge in [-0.05, 0) is 38.8 Å². The number of rotatable bonds is 2. The van der Waals surface area contributed by atoms with Crippen LogP contribution >= 0.6 is 22.7 Å². The molecule has 0 bridgehead atoms. The van der Waals surface area contributed by atoms with E-state index in [0.717, 1.165) is 22.3 Å². The third-order valence-electron chi connectivity index (χ3n) is 3.06. The van der Waals surface area contributed by atoms with Gasteiger partial charge in [0.25, 0.3) is 0 Å². The average Bonchev–Trinajstić information content (AvgIpc) is 2.74. The lowest BCUT2D eigenvalue weighted by Crippen LogP contribution is -2.02. The zero-order chi connectivity index (χ0) is 11.9. The molecular formula is C13H14OS2. The van der Waals surface area contributed by atoms with Crippen LogP contribution in [-0.4, -0.2) is 5.78 Å². The van der Waals surface area contributed by atoms with Crippen LogP contribution in [0.4, 0.5) is 0 Å². The van der Waals surface area contributed by atoms with E-state index in [-0.39, 0.29) is 5.78 Å². The molecule has 0 saturated heterocycles. The fourth-order valence-corrected chi connectivity index (χ4v) is 3.35. The number of hydrogen-bond donors (Lipinski definition) is 0. The van der Waals surface area contributed by atoms with Gasteiger partial charge < -0.3 is 0 Å². The van der Waals surface area contributed by atoms with Crippen LogP contribution in [0.15, 0.2) is 10.8 Å². The molecule has 0 aliphatic rings. The summed E-state index contributed by atoms with van der Waals surface area (Å²) in [5.74, 6) is 0.170. The molecule has 16 heavy (non-hydrogen) atoms. The monoisotopic (exact) mass is 250 g/mol. The summed E-state index contributed by atoms with van der Waals surface area (Å²) in [5, 5.41) is 3.94. The normalized spacial score (nSPS) is 10.8. The largest absolute Gasteiger partial charge is 0.289 e. The molecule has 0 aromatic carbocycles. The Hall–Kier alpha value is -0.930. The van der Waals surface area contributed by atoms with Gasteiger partial charge in [0, 0.05) is 31.6 Å². The predicted octanol–water partition coefficient (Wildman–Crippen LogP) is 4.27. The number of aryl methyl sites for hydroxylation is 2. The highest BCUT2D eigenvalue weighted by Crippen LogP contribution is 2.27. The zero-order valence-corrected chi connectivity index (χ0v) is 11.5. The lowest BCUT2D eigenvalue weighted by atomic mass is 10.0. The number of thiophene rings is 2. The Kier molecular flexibility index (Phi) is 3.00. The molecular weight excluding hydrogens is 236 g/mol. The Bertz CT molecular complexity index is 498. The van der Waals surface area contributed by atoms with Crippen molar-refractivity contribution in [1.82, 2.24) is 0 Å². The van der Waals surface area contributed by atoms with E-state index in [9.17, 15) is 4.79 Å². The van der Waals surface area contributed by atoms with Crippen LogP contribution in [0.5, 0.6) is 0 Å². The summed E-state index contributed by atoms with van der Waals surface area (Å²) < 4.78 is 0. The summed E-state index contributed by atoms with van der Waals surface area (Å²) in [5.41, 5.74) is 3.98. The van der Waals surface area contributed by atoms with E-state index in [0.29, 0.717) is 0 Å². The predicted molar refractivity (Wildman–Crippen MR) is 71.0 cm³/mol. The molecule has 0 aliphatic heterocycles. The molecule has 2 aromatic rings. The molecule has 84 valence electrons. The van der Waals surface area contributed by atoms with Gasteiger partial charge >= 0.3 is 0 Å². The van der Waals surface area contributed by atoms with Gasteiger partial charge in [0.1, 0.15) is 0 Å². The van der Waals surface area contributed by atoms with Crippen molar-refractivity contribution in [2.24, 2.45) is 0 Å². The van der Waals surface area contributed by atoms with Crippen molar-refractivity contribution in [2.45, 2.75) is 27.7 Å². The molecule has 2 rings (SSSR count). The van der Waals surface area contributed by atoms with Crippen molar-refractivity contribution in [3.63, 3.8) is 0 Å². The minimum atomic E-state index is 0.170. The first-order valence-electron chi connectivity index (χ1n) is 5.16. The minimum absolute atomic E-state index is 0.170. The highest BCUT2D eigenvalue weighted by atomic mass is 32.1. The molecule has 0 aliphatic carbocycles. The first-order valence-corrected chi connectivity index (χ1v) is 6.92. The van der Waals surface area contributed by atoms with Crippen molar-refractivity contribution in [3.8, 4) is 0 Å². The van der Waals surface area contributed by atoms with E-state index in [1.165, 1.54) is 9.75 Å². The summed E-state index contributed by atoms with van der Waals surface area (Å²) in [6.07, 6.45) is 0. The van der Waals surface area contributed by atoms with E-state index in [4.69, 9.17) is 0 Å². The first-order chi connectivity index (χ1) is 7.52. The van der Waals surface area contributed by atoms with Gasteiger partial charge in [-0.2, -0.15) is 0 Å². The molecule has 0 N–H and O–H groups in total. The van der Waals surface area contributed by atoms with Gasteiger partial charge in [-0.25, -0.2) is 0 Å². The van der Waals surface area contributed by atoms with Gasteiger partial charge in [0.15, 0.2) is 5.78 Å². The Labute approximate surface area is 104 Å². The summed E-state index contributed by atoms with van der Waals surface area (Å²) in [4.78, 5) is 14.8. The Morgan fingerprint density at radius 2 is 1.25 bits per heavy atom. The Morgan fingerprint density at radius 1 is 0.875 bits per heavy atom. The minimum Gasteiger partial charge on any atom is -0.289 e. The first kappa shape index (κ1) is 11.6. The molecule has 0 fully saturated rings. The second kappa shape index (κ2) is 4.15. The van der Waals surface area contributed by atoms with E-state index in [1.807, 2.05) is 24.6 Å². The number of carbonyl (C=O) groups is 1. The number of ketones is 1. The van der Waals surface area contributed by atoms with Crippen molar-refractivity contribution < 1.29 is 4.79 Å². The summed E-state index contributed by atoms with van der Waals surface area (Å²) in [7, 11) is 0. The lowest BCUT2D eigenvalue weighted by Gasteiger charge is -2.00. The standard InChI is InChI=1S/C13H14OS2/c1-7-9(3)15-5-11(7)13(14)12-6-16-10(4)8(12)2/h5-6H,1-4H3. The molecule has 0 amide bonds. The van der Waals surface area contributed by atoms with E-state index in [1.54, 1.807) is 22.7 Å². The van der Waals surface area contributed by atoms with E-state index in [2.05, 4.69) is 13.8 Å². The number of hydrogen-bond acceptors (Lipinski definition) is 3. The van der Waals surface area contributed by atoms with Crippen LogP contribution in [0.1, 0.15) is 36.8 Å². The van der Waals surface area contributed by atoms with Crippen LogP contribution in [0.2, 0.25) is 0 Å². The maximum absolute atomic E-state index is 12.3. The SMILES string of the molecule is Cc1scc(C(=O)c2csc(C)c2C)c1C. The topological polar surface area (TPSA) is 17.1 Å². The smallest absolute Gasteiger partial charge is 0.195 e. The molecule has 1 nitrogen and oxygen atoms in total. The van der Waals surface area contributed by atoms with Crippen molar-refractivity contribution in [2.75, 3.05) is 0 Å². The molecule has 2 heterocycles. The third kappa shape index (κ3) is 1.74. The number of carbonyl (C=O) groups excluding carboxylic acids is 1. The summed E-state index contributed by atoms with van der Waals surface area (Å²) in [6.45, 7) is 8.16. The van der Waals surface area contributed by atoms with Gasteiger partial charge in [0.05, 0.1) is 0 Å². The third-order valence-corrected chi connectivity index (χ3v) is 5.09. The molecule has 0 saturated carbocycles. The van der Waals surface area contributed by atoms with Gasteiger partial charge in [-0.1, -0.05) is 0 Å². The van der Waals surface area contributed by atoms with Crippen molar-refractivity contribution in [3.05, 3.63) is 42.8 Å². The van der Waals surface area contributed by atoms with Crippen LogP contribution in [0.3, 0.4) is 0 Å². The van der Waals surface area contributed by atoms with Crippen LogP contribution < -0.4 is 0 Å².